The fraction of sp³-hybridized carbons (Fsp3) is 0.286. The van der Waals surface area contributed by atoms with Crippen LogP contribution in [0.25, 0.3) is 5.57 Å². The van der Waals surface area contributed by atoms with Gasteiger partial charge < -0.3 is 27.1 Å². The Morgan fingerprint density at radius 2 is 1.62 bits per heavy atom. The Kier molecular flexibility index (Phi) is 4.53. The van der Waals surface area contributed by atoms with Crippen molar-refractivity contribution in [2.24, 2.45) is 0 Å². The summed E-state index contributed by atoms with van der Waals surface area (Å²) in [7, 11) is 3.13. The van der Waals surface area contributed by atoms with Crippen LogP contribution >= 0.6 is 15.9 Å². The molecule has 0 aliphatic carbocycles. The van der Waals surface area contributed by atoms with E-state index in [1.165, 1.54) is 8.96 Å². The average molecular weight is 463 g/mol. The fourth-order valence-electron chi connectivity index (χ4n) is 4.60. The van der Waals surface area contributed by atoms with Crippen molar-refractivity contribution in [3.05, 3.63) is 62.5 Å². The first-order chi connectivity index (χ1) is 13.6. The first-order valence-corrected chi connectivity index (χ1v) is 10.1. The van der Waals surface area contributed by atoms with Crippen LogP contribution in [0.15, 0.2) is 40.0 Å². The van der Waals surface area contributed by atoms with Crippen LogP contribution in [0.3, 0.4) is 0 Å². The summed E-state index contributed by atoms with van der Waals surface area (Å²) in [5.41, 5.74) is 5.29. The van der Waals surface area contributed by atoms with Crippen molar-refractivity contribution >= 4 is 34.2 Å². The lowest BCUT2D eigenvalue weighted by atomic mass is 9.83. The largest absolute Gasteiger partial charge is 0.737 e. The summed E-state index contributed by atoms with van der Waals surface area (Å²) in [4.78, 5) is 0. The summed E-state index contributed by atoms with van der Waals surface area (Å²) in [6, 6.07) is 5.47. The number of hydrogen-bond donors (Lipinski definition) is 0. The van der Waals surface area contributed by atoms with Crippen molar-refractivity contribution in [1.29, 1.82) is 0 Å². The van der Waals surface area contributed by atoms with Crippen molar-refractivity contribution in [2.45, 2.75) is 27.7 Å². The number of methoxy groups -OCH3 is 2. The van der Waals surface area contributed by atoms with Crippen molar-refractivity contribution < 1.29 is 22.6 Å². The van der Waals surface area contributed by atoms with Crippen LogP contribution in [-0.4, -0.2) is 35.9 Å². The van der Waals surface area contributed by atoms with Gasteiger partial charge in [-0.05, 0) is 50.2 Å². The number of nitrogens with zero attached hydrogens (tertiary/aromatic N) is 2. The summed E-state index contributed by atoms with van der Waals surface area (Å²) < 4.78 is 45.4. The van der Waals surface area contributed by atoms with Crippen molar-refractivity contribution in [3.8, 4) is 11.5 Å². The minimum absolute atomic E-state index is 0.535. The first kappa shape index (κ1) is 19.9. The first-order valence-electron chi connectivity index (χ1n) is 9.32. The van der Waals surface area contributed by atoms with E-state index in [1.54, 1.807) is 28.1 Å². The van der Waals surface area contributed by atoms with Gasteiger partial charge in [-0.1, -0.05) is 15.9 Å². The quantitative estimate of drug-likeness (QED) is 0.577. The third-order valence-corrected chi connectivity index (χ3v) is 6.33. The van der Waals surface area contributed by atoms with Gasteiger partial charge in [-0.25, -0.2) is 0 Å². The Hall–Kier alpha value is -2.35. The Balaban J connectivity index is 2.17. The standard InChI is InChI=1S/C21H22BBrF2N2O2/c1-11-7-13(3)26-20(11)19(15-9-17(28-5)18(29-6)10-16(15)23)21-12(2)8-14(4)27(21)22(26,24)25/h7-10H,1-6H3. The highest BCUT2D eigenvalue weighted by Gasteiger charge is 2.55. The minimum Gasteiger partial charge on any atom is -0.493 e. The Labute approximate surface area is 177 Å². The predicted octanol–water partition coefficient (Wildman–Crippen LogP) is 5.31. The molecule has 2 aromatic rings. The van der Waals surface area contributed by atoms with E-state index in [4.69, 9.17) is 9.47 Å². The maximum atomic E-state index is 15.7. The average Bonchev–Trinajstić information content (AvgIpc) is 3.12. The van der Waals surface area contributed by atoms with Gasteiger partial charge in [0, 0.05) is 34.3 Å². The molecule has 152 valence electrons. The lowest BCUT2D eigenvalue weighted by molar-refractivity contribution is -0.363. The second-order valence-electron chi connectivity index (χ2n) is 7.53. The third-order valence-electron chi connectivity index (χ3n) is 5.68. The smallest absolute Gasteiger partial charge is 0.493 e. The molecular weight excluding hydrogens is 441 g/mol. The van der Waals surface area contributed by atoms with Crippen LogP contribution in [0.5, 0.6) is 11.5 Å². The SMILES string of the molecule is COc1cc(Br)c(C2=C3C(C)=CC(C)=[N+]3[B-](F)(F)n3c(C)cc(C)c32)cc1OC. The number of hydrogen-bond acceptors (Lipinski definition) is 2. The van der Waals surface area contributed by atoms with Gasteiger partial charge in [-0.2, -0.15) is 0 Å². The summed E-state index contributed by atoms with van der Waals surface area (Å²) >= 11 is 3.62. The van der Waals surface area contributed by atoms with Gasteiger partial charge in [0.1, 0.15) is 5.71 Å². The molecule has 0 atom stereocenters. The lowest BCUT2D eigenvalue weighted by Gasteiger charge is -2.34. The van der Waals surface area contributed by atoms with E-state index in [-0.39, 0.29) is 0 Å². The molecule has 0 amide bonds. The molecular formula is C21H22BBrF2N2O2. The Morgan fingerprint density at radius 3 is 2.24 bits per heavy atom. The summed E-state index contributed by atoms with van der Waals surface area (Å²) in [5, 5.41) is 0. The molecule has 0 bridgehead atoms. The zero-order valence-electron chi connectivity index (χ0n) is 17.2. The Morgan fingerprint density at radius 1 is 1.00 bits per heavy atom. The second-order valence-corrected chi connectivity index (χ2v) is 8.38. The summed E-state index contributed by atoms with van der Waals surface area (Å²) in [6.07, 6.45) is 1.82. The van der Waals surface area contributed by atoms with E-state index in [9.17, 15) is 0 Å². The maximum absolute atomic E-state index is 15.7. The molecule has 1 aromatic heterocycles. The van der Waals surface area contributed by atoms with Crippen LogP contribution in [-0.2, 0) is 0 Å². The van der Waals surface area contributed by atoms with Gasteiger partial charge in [0.25, 0.3) is 0 Å². The predicted molar refractivity (Wildman–Crippen MR) is 115 cm³/mol. The van der Waals surface area contributed by atoms with Crippen LogP contribution in [0.1, 0.15) is 36.4 Å². The lowest BCUT2D eigenvalue weighted by Crippen LogP contribution is -2.51. The zero-order valence-corrected chi connectivity index (χ0v) is 18.8. The van der Waals surface area contributed by atoms with E-state index in [0.717, 1.165) is 26.7 Å². The second kappa shape index (κ2) is 6.59. The number of ether oxygens (including phenoxy) is 2. The number of aryl methyl sites for hydroxylation is 2. The highest BCUT2D eigenvalue weighted by molar-refractivity contribution is 9.10. The molecule has 3 heterocycles. The molecule has 0 spiro atoms. The molecule has 4 rings (SSSR count). The van der Waals surface area contributed by atoms with Crippen LogP contribution in [0.4, 0.5) is 8.63 Å². The van der Waals surface area contributed by atoms with Gasteiger partial charge in [-0.15, -0.1) is 0 Å². The molecule has 0 saturated carbocycles. The van der Waals surface area contributed by atoms with Crippen LogP contribution < -0.4 is 9.47 Å². The highest BCUT2D eigenvalue weighted by Crippen LogP contribution is 2.47. The van der Waals surface area contributed by atoms with Gasteiger partial charge in [-0.3, -0.25) is 0 Å². The van der Waals surface area contributed by atoms with Crippen LogP contribution in [0.2, 0.25) is 0 Å². The van der Waals surface area contributed by atoms with Gasteiger partial charge >= 0.3 is 6.97 Å². The molecule has 2 aliphatic heterocycles. The van der Waals surface area contributed by atoms with Crippen molar-refractivity contribution in [2.75, 3.05) is 14.2 Å². The van der Waals surface area contributed by atoms with E-state index >= 15 is 8.63 Å². The molecule has 29 heavy (non-hydrogen) atoms. The number of rotatable bonds is 3. The number of allylic oxidation sites excluding steroid dienone is 2. The number of fused-ring (bicyclic) bond motifs is 2. The van der Waals surface area contributed by atoms with Crippen molar-refractivity contribution in [1.82, 2.24) is 4.48 Å². The molecule has 1 aromatic carbocycles. The normalized spacial score (nSPS) is 17.3. The molecule has 0 radical (unpaired) electrons. The van der Waals surface area contributed by atoms with E-state index in [0.29, 0.717) is 34.3 Å². The maximum Gasteiger partial charge on any atom is 0.737 e. The number of aromatic nitrogens is 1. The van der Waals surface area contributed by atoms with Crippen molar-refractivity contribution in [3.63, 3.8) is 0 Å². The molecule has 8 heteroatoms. The monoisotopic (exact) mass is 462 g/mol. The third kappa shape index (κ3) is 2.65. The van der Waals surface area contributed by atoms with Gasteiger partial charge in [0.05, 0.1) is 19.8 Å². The van der Waals surface area contributed by atoms with Gasteiger partial charge in [0.2, 0.25) is 0 Å². The fourth-order valence-corrected chi connectivity index (χ4v) is 5.12. The zero-order chi connectivity index (χ0) is 21.2. The number of benzene rings is 1. The van der Waals surface area contributed by atoms with E-state index in [1.807, 2.05) is 38.1 Å². The minimum atomic E-state index is -4.00. The summed E-state index contributed by atoms with van der Waals surface area (Å²) in [5.74, 6) is 1.11. The molecule has 0 unspecified atom stereocenters. The molecule has 0 N–H and O–H groups in total. The summed E-state index contributed by atoms with van der Waals surface area (Å²) in [6.45, 7) is 3.21. The molecule has 0 saturated heterocycles. The molecule has 2 aliphatic rings. The Bertz CT molecular complexity index is 1160. The topological polar surface area (TPSA) is 26.4 Å². The highest BCUT2D eigenvalue weighted by atomic mass is 79.9. The molecule has 0 fully saturated rings. The van der Waals surface area contributed by atoms with E-state index in [2.05, 4.69) is 15.9 Å². The van der Waals surface area contributed by atoms with E-state index < -0.39 is 6.97 Å². The molecule has 4 nitrogen and oxygen atoms in total. The number of halogens is 3. The van der Waals surface area contributed by atoms with Gasteiger partial charge in [0.15, 0.2) is 17.2 Å². The van der Waals surface area contributed by atoms with Crippen LogP contribution in [0, 0.1) is 13.8 Å².